The molecule has 1 N–H and O–H groups in total. The van der Waals surface area contributed by atoms with E-state index in [1.165, 1.54) is 25.7 Å². The molecule has 14 heteroatoms. The smallest absolute Gasteiger partial charge is 0.257 e. The summed E-state index contributed by atoms with van der Waals surface area (Å²) in [5, 5.41) is 20.0. The Hall–Kier alpha value is -3.81. The third kappa shape index (κ3) is 6.81. The number of nitrogens with zero attached hydrogens (tertiary/aromatic N) is 9. The zero-order valence-corrected chi connectivity index (χ0v) is 27.3. The van der Waals surface area contributed by atoms with Crippen molar-refractivity contribution >= 4 is 23.2 Å². The molecule has 2 bridgehead atoms. The van der Waals surface area contributed by atoms with Gasteiger partial charge in [0.05, 0.1) is 43.1 Å². The number of anilines is 2. The summed E-state index contributed by atoms with van der Waals surface area (Å²) in [4.78, 5) is 12.0. The van der Waals surface area contributed by atoms with E-state index in [-0.39, 0.29) is 12.2 Å². The van der Waals surface area contributed by atoms with E-state index in [2.05, 4.69) is 40.4 Å². The lowest BCUT2D eigenvalue weighted by molar-refractivity contribution is -0.0458. The fraction of sp³-hybridized carbons (Fsp3) is 0.562. The Morgan fingerprint density at radius 2 is 1.65 bits per heavy atom. The maximum Gasteiger partial charge on any atom is 0.257 e. The van der Waals surface area contributed by atoms with Gasteiger partial charge in [0.25, 0.3) is 5.88 Å². The van der Waals surface area contributed by atoms with Crippen LogP contribution in [-0.4, -0.2) is 88.4 Å². The fourth-order valence-electron chi connectivity index (χ4n) is 7.05. The highest BCUT2D eigenvalue weighted by molar-refractivity contribution is 6.32. The van der Waals surface area contributed by atoms with E-state index in [1.807, 2.05) is 45.2 Å². The van der Waals surface area contributed by atoms with Crippen molar-refractivity contribution in [2.45, 2.75) is 102 Å². The van der Waals surface area contributed by atoms with Crippen LogP contribution < -0.4 is 14.8 Å². The summed E-state index contributed by atoms with van der Waals surface area (Å²) in [5.74, 6) is 1.59. The Morgan fingerprint density at radius 3 is 2.35 bits per heavy atom. The number of rotatable bonds is 11. The zero-order chi connectivity index (χ0) is 31.6. The van der Waals surface area contributed by atoms with E-state index < -0.39 is 0 Å². The summed E-state index contributed by atoms with van der Waals surface area (Å²) < 4.78 is 21.7. The van der Waals surface area contributed by atoms with Crippen molar-refractivity contribution in [3.8, 4) is 22.8 Å². The lowest BCUT2D eigenvalue weighted by atomic mass is 9.89. The highest BCUT2D eigenvalue weighted by Gasteiger charge is 2.42. The summed E-state index contributed by atoms with van der Waals surface area (Å²) in [6.45, 7) is 8.23. The minimum atomic E-state index is -0.197. The number of tetrazole rings is 1. The molecule has 0 amide bonds. The van der Waals surface area contributed by atoms with Gasteiger partial charge in [0.2, 0.25) is 5.95 Å². The number of nitrogens with one attached hydrogen (secondary N) is 1. The van der Waals surface area contributed by atoms with Crippen LogP contribution in [0.2, 0.25) is 5.02 Å². The largest absolute Gasteiger partial charge is 0.487 e. The van der Waals surface area contributed by atoms with Crippen molar-refractivity contribution in [3.05, 3.63) is 48.1 Å². The first kappa shape index (κ1) is 30.8. The molecule has 46 heavy (non-hydrogen) atoms. The second-order valence-electron chi connectivity index (χ2n) is 12.9. The molecule has 2 saturated heterocycles. The van der Waals surface area contributed by atoms with Gasteiger partial charge in [0.1, 0.15) is 23.9 Å². The van der Waals surface area contributed by atoms with Crippen LogP contribution >= 0.6 is 11.6 Å². The minimum Gasteiger partial charge on any atom is -0.487 e. The van der Waals surface area contributed by atoms with Crippen LogP contribution in [0.4, 0.5) is 11.6 Å². The minimum absolute atomic E-state index is 0.0170. The maximum atomic E-state index is 6.45. The normalized spacial score (nSPS) is 23.8. The van der Waals surface area contributed by atoms with Gasteiger partial charge >= 0.3 is 0 Å². The molecular formula is C32H41ClN10O3. The van der Waals surface area contributed by atoms with Gasteiger partial charge in [0, 0.05) is 36.1 Å². The molecule has 7 rings (SSSR count). The van der Waals surface area contributed by atoms with Gasteiger partial charge in [-0.15, -0.1) is 10.2 Å². The monoisotopic (exact) mass is 648 g/mol. The molecule has 1 aromatic carbocycles. The highest BCUT2D eigenvalue weighted by atomic mass is 35.5. The summed E-state index contributed by atoms with van der Waals surface area (Å²) in [5.41, 5.74) is 2.48. The topological polar surface area (TPSA) is 130 Å². The van der Waals surface area contributed by atoms with Crippen LogP contribution in [0, 0.1) is 0 Å². The molecule has 3 aromatic heterocycles. The molecule has 0 radical (unpaired) electrons. The van der Waals surface area contributed by atoms with E-state index in [0.717, 1.165) is 42.9 Å². The van der Waals surface area contributed by atoms with Crippen LogP contribution in [-0.2, 0) is 11.3 Å². The molecule has 2 aliphatic heterocycles. The van der Waals surface area contributed by atoms with Gasteiger partial charge in [-0.2, -0.15) is 0 Å². The van der Waals surface area contributed by atoms with Gasteiger partial charge in [-0.3, -0.25) is 9.58 Å². The van der Waals surface area contributed by atoms with Crippen LogP contribution in [0.3, 0.4) is 0 Å². The predicted octanol–water partition coefficient (Wildman–Crippen LogP) is 5.33. The second kappa shape index (κ2) is 13.5. The molecule has 4 aromatic rings. The Labute approximate surface area is 273 Å². The Bertz CT molecular complexity index is 1570. The average Bonchev–Trinajstić information content (AvgIpc) is 3.76. The van der Waals surface area contributed by atoms with Gasteiger partial charge in [-0.1, -0.05) is 17.7 Å². The van der Waals surface area contributed by atoms with Crippen molar-refractivity contribution in [1.29, 1.82) is 0 Å². The number of ether oxygens (including phenoxy) is 3. The summed E-state index contributed by atoms with van der Waals surface area (Å²) in [6, 6.07) is 7.81. The molecule has 13 nitrogen and oxygen atoms in total. The third-order valence-corrected chi connectivity index (χ3v) is 9.44. The van der Waals surface area contributed by atoms with E-state index >= 15 is 0 Å². The molecule has 1 saturated carbocycles. The molecule has 0 unspecified atom stereocenters. The highest BCUT2D eigenvalue weighted by Crippen LogP contribution is 2.40. The van der Waals surface area contributed by atoms with Crippen LogP contribution in [0.1, 0.15) is 65.3 Å². The molecule has 3 aliphatic rings. The number of benzene rings is 1. The van der Waals surface area contributed by atoms with Crippen molar-refractivity contribution in [2.24, 2.45) is 0 Å². The first-order valence-electron chi connectivity index (χ1n) is 16.3. The van der Waals surface area contributed by atoms with Crippen LogP contribution in [0.5, 0.6) is 11.6 Å². The van der Waals surface area contributed by atoms with Gasteiger partial charge in [-0.05, 0) is 87.4 Å². The summed E-state index contributed by atoms with van der Waals surface area (Å²) in [6.07, 6.45) is 14.0. The zero-order valence-electron chi connectivity index (χ0n) is 26.5. The Morgan fingerprint density at radius 1 is 0.935 bits per heavy atom. The SMILES string of the molecule is CC(C)Oc1nn([C@H]2CC[C@H](N3[C@@H]4CC[C@H]3COC4)CC2)cc1Nc1ncc(-c2ccc(Cl)c(O[C@@H](C)Cn3cnnn3)c2)cn1. The van der Waals surface area contributed by atoms with E-state index in [1.54, 1.807) is 23.4 Å². The average molecular weight is 649 g/mol. The quantitative estimate of drug-likeness (QED) is 0.227. The van der Waals surface area contributed by atoms with Crippen LogP contribution in [0.25, 0.3) is 11.1 Å². The molecule has 3 atom stereocenters. The van der Waals surface area contributed by atoms with Crippen LogP contribution in [0.15, 0.2) is 43.1 Å². The van der Waals surface area contributed by atoms with Crippen molar-refractivity contribution < 1.29 is 14.2 Å². The number of morpholine rings is 1. The van der Waals surface area contributed by atoms with E-state index in [9.17, 15) is 0 Å². The number of hydrogen-bond acceptors (Lipinski definition) is 11. The molecule has 244 valence electrons. The lowest BCUT2D eigenvalue weighted by Gasteiger charge is -2.43. The van der Waals surface area contributed by atoms with Gasteiger partial charge in [0.15, 0.2) is 0 Å². The Balaban J connectivity index is 1.01. The molecule has 1 aliphatic carbocycles. The molecule has 5 heterocycles. The fourth-order valence-corrected chi connectivity index (χ4v) is 7.21. The molecular weight excluding hydrogens is 608 g/mol. The van der Waals surface area contributed by atoms with Crippen molar-refractivity contribution in [2.75, 3.05) is 18.5 Å². The number of hydrogen-bond donors (Lipinski definition) is 1. The lowest BCUT2D eigenvalue weighted by Crippen LogP contribution is -2.52. The first-order chi connectivity index (χ1) is 22.4. The number of halogens is 1. The maximum absolute atomic E-state index is 6.45. The molecule has 3 fully saturated rings. The van der Waals surface area contributed by atoms with E-state index in [0.29, 0.717) is 53.3 Å². The third-order valence-electron chi connectivity index (χ3n) is 9.13. The number of fused-ring (bicyclic) bond motifs is 2. The predicted molar refractivity (Wildman–Crippen MR) is 172 cm³/mol. The van der Waals surface area contributed by atoms with Gasteiger partial charge < -0.3 is 19.5 Å². The van der Waals surface area contributed by atoms with Crippen molar-refractivity contribution in [3.63, 3.8) is 0 Å². The van der Waals surface area contributed by atoms with E-state index in [4.69, 9.17) is 30.9 Å². The second-order valence-corrected chi connectivity index (χ2v) is 13.3. The molecule has 0 spiro atoms. The standard InChI is InChI=1S/C32H41ClN10O3/c1-20(2)45-31-29(16-42(38-31)24-5-7-25(8-6-24)43-26-9-10-27(43)18-44-17-26)37-32-34-13-23(14-35-32)22-4-11-28(33)30(12-22)46-21(3)15-41-19-36-39-40-41/h4,11-14,16,19-21,24-27H,5-10,15,17-18H2,1-3H3,(H,34,35,37)/t21-,24-,25-,26-,27+/m0/s1. The summed E-state index contributed by atoms with van der Waals surface area (Å²) >= 11 is 6.45. The van der Waals surface area contributed by atoms with Crippen molar-refractivity contribution in [1.82, 2.24) is 44.9 Å². The Kier molecular flexibility index (Phi) is 9.05. The van der Waals surface area contributed by atoms with Gasteiger partial charge in [-0.25, -0.2) is 14.6 Å². The summed E-state index contributed by atoms with van der Waals surface area (Å²) in [7, 11) is 0. The first-order valence-corrected chi connectivity index (χ1v) is 16.6. The number of aromatic nitrogens is 8.